The lowest BCUT2D eigenvalue weighted by Crippen LogP contribution is -2.17. The molecule has 0 spiro atoms. The standard InChI is InChI=1S/C16H12ClF3N4O/c1-2-10-13(15(25)23-11-4-3-7-21-14(11)17)24-8-9(16(18,19)20)5-6-12(24)22-10/h3-8H,2H2,1H3,(H,23,25). The minimum absolute atomic E-state index is 0.0310. The van der Waals surface area contributed by atoms with Crippen molar-refractivity contribution in [3.05, 3.63) is 58.8 Å². The molecule has 0 aliphatic heterocycles. The molecule has 3 heterocycles. The molecule has 0 aliphatic rings. The van der Waals surface area contributed by atoms with Crippen molar-refractivity contribution in [2.75, 3.05) is 5.32 Å². The number of aromatic nitrogens is 3. The van der Waals surface area contributed by atoms with E-state index in [2.05, 4.69) is 15.3 Å². The highest BCUT2D eigenvalue weighted by atomic mass is 35.5. The Kier molecular flexibility index (Phi) is 4.38. The van der Waals surface area contributed by atoms with Crippen molar-refractivity contribution >= 4 is 28.8 Å². The Balaban J connectivity index is 2.10. The number of pyridine rings is 2. The van der Waals surface area contributed by atoms with Gasteiger partial charge in [-0.05, 0) is 30.7 Å². The number of aryl methyl sites for hydroxylation is 1. The molecular formula is C16H12ClF3N4O. The molecule has 3 aromatic rings. The van der Waals surface area contributed by atoms with Gasteiger partial charge < -0.3 is 5.32 Å². The van der Waals surface area contributed by atoms with Crippen LogP contribution in [0.3, 0.4) is 0 Å². The fourth-order valence-corrected chi connectivity index (χ4v) is 2.58. The number of amides is 1. The van der Waals surface area contributed by atoms with Crippen molar-refractivity contribution in [3.63, 3.8) is 0 Å². The topological polar surface area (TPSA) is 59.3 Å². The van der Waals surface area contributed by atoms with E-state index in [9.17, 15) is 18.0 Å². The van der Waals surface area contributed by atoms with Crippen LogP contribution in [-0.2, 0) is 12.6 Å². The third-order valence-electron chi connectivity index (χ3n) is 3.58. The Morgan fingerprint density at radius 3 is 2.72 bits per heavy atom. The van der Waals surface area contributed by atoms with E-state index in [1.54, 1.807) is 19.1 Å². The molecular weight excluding hydrogens is 357 g/mol. The van der Waals surface area contributed by atoms with Gasteiger partial charge >= 0.3 is 6.18 Å². The maximum Gasteiger partial charge on any atom is 0.417 e. The van der Waals surface area contributed by atoms with Crippen LogP contribution in [0.25, 0.3) is 5.65 Å². The summed E-state index contributed by atoms with van der Waals surface area (Å²) in [5.74, 6) is -0.612. The smallest absolute Gasteiger partial charge is 0.318 e. The number of hydrogen-bond acceptors (Lipinski definition) is 3. The van der Waals surface area contributed by atoms with Crippen LogP contribution < -0.4 is 5.32 Å². The summed E-state index contributed by atoms with van der Waals surface area (Å²) >= 11 is 5.91. The van der Waals surface area contributed by atoms with Crippen LogP contribution in [0.5, 0.6) is 0 Å². The predicted molar refractivity (Wildman–Crippen MR) is 86.8 cm³/mol. The third-order valence-corrected chi connectivity index (χ3v) is 3.88. The number of hydrogen-bond donors (Lipinski definition) is 1. The first-order valence-corrected chi connectivity index (χ1v) is 7.69. The van der Waals surface area contributed by atoms with Gasteiger partial charge in [-0.2, -0.15) is 13.2 Å². The summed E-state index contributed by atoms with van der Waals surface area (Å²) in [6.45, 7) is 1.76. The number of nitrogens with zero attached hydrogens (tertiary/aromatic N) is 3. The molecule has 0 saturated heterocycles. The van der Waals surface area contributed by atoms with Gasteiger partial charge in [0.2, 0.25) is 0 Å². The summed E-state index contributed by atoms with van der Waals surface area (Å²) in [6.07, 6.45) is -1.82. The van der Waals surface area contributed by atoms with Crippen molar-refractivity contribution in [2.24, 2.45) is 0 Å². The molecule has 0 aliphatic carbocycles. The van der Waals surface area contributed by atoms with E-state index < -0.39 is 17.6 Å². The number of rotatable bonds is 3. The molecule has 0 saturated carbocycles. The lowest BCUT2D eigenvalue weighted by Gasteiger charge is -2.10. The molecule has 0 radical (unpaired) electrons. The summed E-state index contributed by atoms with van der Waals surface area (Å²) in [4.78, 5) is 20.7. The van der Waals surface area contributed by atoms with Gasteiger partial charge in [-0.3, -0.25) is 9.20 Å². The molecule has 1 N–H and O–H groups in total. The first-order valence-electron chi connectivity index (χ1n) is 7.31. The van der Waals surface area contributed by atoms with Gasteiger partial charge in [-0.25, -0.2) is 9.97 Å². The molecule has 0 unspecified atom stereocenters. The molecule has 5 nitrogen and oxygen atoms in total. The second kappa shape index (κ2) is 6.36. The molecule has 1 amide bonds. The lowest BCUT2D eigenvalue weighted by atomic mass is 10.2. The van der Waals surface area contributed by atoms with Crippen molar-refractivity contribution in [3.8, 4) is 0 Å². The second-order valence-electron chi connectivity index (χ2n) is 5.20. The zero-order chi connectivity index (χ0) is 18.2. The van der Waals surface area contributed by atoms with E-state index in [-0.39, 0.29) is 22.2 Å². The van der Waals surface area contributed by atoms with Crippen LogP contribution in [-0.4, -0.2) is 20.3 Å². The van der Waals surface area contributed by atoms with Crippen LogP contribution in [0.15, 0.2) is 36.7 Å². The number of imidazole rings is 1. The molecule has 3 rings (SSSR count). The normalized spacial score (nSPS) is 11.7. The van der Waals surface area contributed by atoms with Crippen molar-refractivity contribution in [2.45, 2.75) is 19.5 Å². The zero-order valence-electron chi connectivity index (χ0n) is 12.9. The van der Waals surface area contributed by atoms with Crippen LogP contribution in [0.4, 0.5) is 18.9 Å². The third kappa shape index (κ3) is 3.30. The minimum Gasteiger partial charge on any atom is -0.318 e. The summed E-state index contributed by atoms with van der Waals surface area (Å²) in [5, 5.41) is 2.64. The largest absolute Gasteiger partial charge is 0.417 e. The van der Waals surface area contributed by atoms with E-state index in [1.165, 1.54) is 12.3 Å². The van der Waals surface area contributed by atoms with Gasteiger partial charge in [0, 0.05) is 12.4 Å². The fourth-order valence-electron chi connectivity index (χ4n) is 2.41. The number of fused-ring (bicyclic) bond motifs is 1. The Morgan fingerprint density at radius 1 is 1.32 bits per heavy atom. The van der Waals surface area contributed by atoms with Crippen LogP contribution in [0.2, 0.25) is 5.15 Å². The lowest BCUT2D eigenvalue weighted by molar-refractivity contribution is -0.137. The fraction of sp³-hybridized carbons (Fsp3) is 0.188. The molecule has 0 fully saturated rings. The number of nitrogens with one attached hydrogen (secondary N) is 1. The molecule has 3 aromatic heterocycles. The highest BCUT2D eigenvalue weighted by Gasteiger charge is 2.32. The molecule has 0 aromatic carbocycles. The molecule has 9 heteroatoms. The Hall–Kier alpha value is -2.61. The van der Waals surface area contributed by atoms with E-state index in [4.69, 9.17) is 11.6 Å². The van der Waals surface area contributed by atoms with Crippen LogP contribution in [0, 0.1) is 0 Å². The average Bonchev–Trinajstić information content (AvgIpc) is 2.94. The summed E-state index contributed by atoms with van der Waals surface area (Å²) in [5.41, 5.74) is 0.0688. The van der Waals surface area contributed by atoms with Crippen molar-refractivity contribution in [1.29, 1.82) is 0 Å². The predicted octanol–water partition coefficient (Wildman–Crippen LogP) is 4.22. The van der Waals surface area contributed by atoms with E-state index in [1.807, 2.05) is 0 Å². The van der Waals surface area contributed by atoms with Crippen LogP contribution >= 0.6 is 11.6 Å². The summed E-state index contributed by atoms with van der Waals surface area (Å²) in [7, 11) is 0. The summed E-state index contributed by atoms with van der Waals surface area (Å²) in [6, 6.07) is 5.29. The quantitative estimate of drug-likeness (QED) is 0.704. The van der Waals surface area contributed by atoms with Crippen molar-refractivity contribution < 1.29 is 18.0 Å². The van der Waals surface area contributed by atoms with Crippen molar-refractivity contribution in [1.82, 2.24) is 14.4 Å². The van der Waals surface area contributed by atoms with Gasteiger partial charge in [0.25, 0.3) is 5.91 Å². The number of carbonyl (C=O) groups excluding carboxylic acids is 1. The van der Waals surface area contributed by atoms with Gasteiger partial charge in [-0.1, -0.05) is 18.5 Å². The maximum absolute atomic E-state index is 13.0. The SMILES string of the molecule is CCc1nc2ccc(C(F)(F)F)cn2c1C(=O)Nc1cccnc1Cl. The maximum atomic E-state index is 13.0. The monoisotopic (exact) mass is 368 g/mol. The van der Waals surface area contributed by atoms with Gasteiger partial charge in [0.15, 0.2) is 5.15 Å². The first kappa shape index (κ1) is 17.2. The minimum atomic E-state index is -4.52. The zero-order valence-corrected chi connectivity index (χ0v) is 13.7. The Labute approximate surface area is 145 Å². The number of anilines is 1. The highest BCUT2D eigenvalue weighted by molar-refractivity contribution is 6.32. The van der Waals surface area contributed by atoms with Gasteiger partial charge in [0.05, 0.1) is 16.9 Å². The first-order chi connectivity index (χ1) is 11.8. The number of alkyl halides is 3. The van der Waals surface area contributed by atoms with Gasteiger partial charge in [0.1, 0.15) is 11.3 Å². The van der Waals surface area contributed by atoms with E-state index in [0.29, 0.717) is 12.1 Å². The molecule has 25 heavy (non-hydrogen) atoms. The average molecular weight is 369 g/mol. The Morgan fingerprint density at radius 2 is 2.08 bits per heavy atom. The molecule has 130 valence electrons. The van der Waals surface area contributed by atoms with E-state index in [0.717, 1.165) is 16.7 Å². The molecule has 0 atom stereocenters. The Bertz CT molecular complexity index is 952. The van der Waals surface area contributed by atoms with E-state index >= 15 is 0 Å². The second-order valence-corrected chi connectivity index (χ2v) is 5.56. The highest BCUT2D eigenvalue weighted by Crippen LogP contribution is 2.30. The molecule has 0 bridgehead atoms. The van der Waals surface area contributed by atoms with Gasteiger partial charge in [-0.15, -0.1) is 0 Å². The number of carbonyl (C=O) groups is 1. The summed E-state index contributed by atoms with van der Waals surface area (Å²) < 4.78 is 40.1. The van der Waals surface area contributed by atoms with Crippen LogP contribution in [0.1, 0.15) is 28.7 Å². The number of halogens is 4.